The van der Waals surface area contributed by atoms with Gasteiger partial charge in [-0.05, 0) is 31.5 Å². The molecule has 3 aliphatic rings. The lowest BCUT2D eigenvalue weighted by Crippen LogP contribution is -2.46. The molecule has 2 aromatic rings. The minimum absolute atomic E-state index is 0.135. The quantitative estimate of drug-likeness (QED) is 0.430. The summed E-state index contributed by atoms with van der Waals surface area (Å²) < 4.78 is 4.84. The zero-order valence-electron chi connectivity index (χ0n) is 17.1. The number of hydrogen-bond donors (Lipinski definition) is 0. The number of anilines is 1. The lowest BCUT2D eigenvalue weighted by Gasteiger charge is -2.28. The first-order valence-electron chi connectivity index (χ1n) is 10.4. The van der Waals surface area contributed by atoms with Crippen LogP contribution in [-0.2, 0) is 14.3 Å². The predicted octanol–water partition coefficient (Wildman–Crippen LogP) is 2.31. The molecule has 0 spiro atoms. The molecule has 7 nitrogen and oxygen atoms in total. The number of para-hydroxylation sites is 1. The highest BCUT2D eigenvalue weighted by Crippen LogP contribution is 2.48. The summed E-state index contributed by atoms with van der Waals surface area (Å²) in [5.74, 6) is -2.85. The van der Waals surface area contributed by atoms with Crippen molar-refractivity contribution in [2.24, 2.45) is 11.8 Å². The number of imide groups is 1. The van der Waals surface area contributed by atoms with Gasteiger partial charge in [0.2, 0.25) is 11.8 Å². The number of benzene rings is 2. The monoisotopic (exact) mass is 418 g/mol. The van der Waals surface area contributed by atoms with Crippen molar-refractivity contribution in [2.75, 3.05) is 18.6 Å². The Kier molecular flexibility index (Phi) is 4.70. The average Bonchev–Trinajstić information content (AvgIpc) is 3.45. The molecule has 2 amide bonds. The molecule has 3 aliphatic heterocycles. The van der Waals surface area contributed by atoms with Gasteiger partial charge in [-0.15, -0.1) is 0 Å². The molecular weight excluding hydrogens is 396 g/mol. The first-order valence-corrected chi connectivity index (χ1v) is 10.4. The number of fused-ring (bicyclic) bond motifs is 3. The SMILES string of the molecule is COC(=O)c1ccccc1N1C(=O)C2C(C1=O)C(C(=O)c1ccccc1)N1CCCC21. The van der Waals surface area contributed by atoms with E-state index in [2.05, 4.69) is 0 Å². The molecule has 0 saturated carbocycles. The third-order valence-electron chi connectivity index (χ3n) is 6.73. The predicted molar refractivity (Wildman–Crippen MR) is 112 cm³/mol. The van der Waals surface area contributed by atoms with Gasteiger partial charge in [0.05, 0.1) is 36.2 Å². The number of ether oxygens (including phenoxy) is 1. The molecule has 7 heteroatoms. The van der Waals surface area contributed by atoms with Gasteiger partial charge in [0.15, 0.2) is 5.78 Å². The molecule has 0 aliphatic carbocycles. The van der Waals surface area contributed by atoms with Crippen molar-refractivity contribution in [2.45, 2.75) is 24.9 Å². The lowest BCUT2D eigenvalue weighted by atomic mass is 9.85. The van der Waals surface area contributed by atoms with E-state index in [1.807, 2.05) is 11.0 Å². The van der Waals surface area contributed by atoms with Crippen LogP contribution in [0.5, 0.6) is 0 Å². The van der Waals surface area contributed by atoms with E-state index in [0.29, 0.717) is 12.1 Å². The van der Waals surface area contributed by atoms with Crippen LogP contribution in [0.25, 0.3) is 0 Å². The fraction of sp³-hybridized carbons (Fsp3) is 0.333. The smallest absolute Gasteiger partial charge is 0.339 e. The standard InChI is InChI=1S/C24H22N2O5/c1-31-24(30)15-10-5-6-11-16(15)26-22(28)18-17-12-7-13-25(17)20(19(18)23(26)29)21(27)14-8-3-2-4-9-14/h2-6,8-11,17-20H,7,12-13H2,1H3. The summed E-state index contributed by atoms with van der Waals surface area (Å²) in [7, 11) is 1.26. The molecular formula is C24H22N2O5. The molecule has 158 valence electrons. The number of carbonyl (C=O) groups is 4. The molecule has 0 bridgehead atoms. The molecule has 4 atom stereocenters. The number of esters is 1. The van der Waals surface area contributed by atoms with Crippen LogP contribution < -0.4 is 4.90 Å². The van der Waals surface area contributed by atoms with Crippen molar-refractivity contribution in [3.8, 4) is 0 Å². The van der Waals surface area contributed by atoms with Crippen LogP contribution in [0, 0.1) is 11.8 Å². The van der Waals surface area contributed by atoms with Crippen molar-refractivity contribution in [1.29, 1.82) is 0 Å². The Morgan fingerprint density at radius 3 is 2.35 bits per heavy atom. The lowest BCUT2D eigenvalue weighted by molar-refractivity contribution is -0.123. The Morgan fingerprint density at radius 2 is 1.61 bits per heavy atom. The van der Waals surface area contributed by atoms with Crippen molar-refractivity contribution in [3.05, 3.63) is 65.7 Å². The van der Waals surface area contributed by atoms with E-state index in [4.69, 9.17) is 4.74 Å². The first-order chi connectivity index (χ1) is 15.0. The maximum atomic E-state index is 13.6. The summed E-state index contributed by atoms with van der Waals surface area (Å²) in [6.45, 7) is 0.695. The minimum atomic E-state index is -0.754. The number of carbonyl (C=O) groups excluding carboxylic acids is 4. The van der Waals surface area contributed by atoms with Gasteiger partial charge in [-0.1, -0.05) is 42.5 Å². The van der Waals surface area contributed by atoms with Gasteiger partial charge in [0.25, 0.3) is 0 Å². The number of nitrogens with zero attached hydrogens (tertiary/aromatic N) is 2. The Morgan fingerprint density at radius 1 is 0.935 bits per heavy atom. The molecule has 3 fully saturated rings. The second kappa shape index (κ2) is 7.42. The number of rotatable bonds is 4. The van der Waals surface area contributed by atoms with Gasteiger partial charge in [-0.3, -0.25) is 19.3 Å². The number of methoxy groups -OCH3 is 1. The van der Waals surface area contributed by atoms with Crippen molar-refractivity contribution in [3.63, 3.8) is 0 Å². The van der Waals surface area contributed by atoms with Crippen LogP contribution in [0.4, 0.5) is 5.69 Å². The summed E-state index contributed by atoms with van der Waals surface area (Å²) >= 11 is 0. The zero-order chi connectivity index (χ0) is 21.7. The molecule has 31 heavy (non-hydrogen) atoms. The van der Waals surface area contributed by atoms with Crippen LogP contribution in [0.15, 0.2) is 54.6 Å². The van der Waals surface area contributed by atoms with E-state index in [1.54, 1.807) is 42.5 Å². The highest BCUT2D eigenvalue weighted by Gasteiger charge is 2.64. The van der Waals surface area contributed by atoms with E-state index in [1.165, 1.54) is 13.2 Å². The molecule has 4 unspecified atom stereocenters. The van der Waals surface area contributed by atoms with Crippen molar-refractivity contribution < 1.29 is 23.9 Å². The van der Waals surface area contributed by atoms with Gasteiger partial charge in [-0.2, -0.15) is 0 Å². The number of ketones is 1. The summed E-state index contributed by atoms with van der Waals surface area (Å²) in [6, 6.07) is 14.5. The molecule has 3 heterocycles. The van der Waals surface area contributed by atoms with Crippen molar-refractivity contribution >= 4 is 29.3 Å². The molecule has 3 saturated heterocycles. The largest absolute Gasteiger partial charge is 0.465 e. The van der Waals surface area contributed by atoms with Crippen LogP contribution >= 0.6 is 0 Å². The second-order valence-corrected chi connectivity index (χ2v) is 8.19. The highest BCUT2D eigenvalue weighted by molar-refractivity contribution is 6.26. The third-order valence-corrected chi connectivity index (χ3v) is 6.73. The number of amides is 2. The van der Waals surface area contributed by atoms with Crippen LogP contribution in [0.2, 0.25) is 0 Å². The normalized spacial score (nSPS) is 27.3. The van der Waals surface area contributed by atoms with E-state index in [9.17, 15) is 19.2 Å². The van der Waals surface area contributed by atoms with E-state index in [0.717, 1.165) is 17.7 Å². The average molecular weight is 418 g/mol. The maximum Gasteiger partial charge on any atom is 0.339 e. The molecule has 0 N–H and O–H groups in total. The van der Waals surface area contributed by atoms with Crippen LogP contribution in [0.1, 0.15) is 33.6 Å². The fourth-order valence-electron chi connectivity index (χ4n) is 5.48. The Bertz CT molecular complexity index is 1080. The van der Waals surface area contributed by atoms with E-state index in [-0.39, 0.29) is 29.0 Å². The summed E-state index contributed by atoms with van der Waals surface area (Å²) in [6.07, 6.45) is 1.65. The van der Waals surface area contributed by atoms with Gasteiger partial charge in [0, 0.05) is 11.6 Å². The van der Waals surface area contributed by atoms with Gasteiger partial charge in [0.1, 0.15) is 0 Å². The summed E-state index contributed by atoms with van der Waals surface area (Å²) in [5.41, 5.74) is 0.905. The van der Waals surface area contributed by atoms with Gasteiger partial charge >= 0.3 is 5.97 Å². The number of hydrogen-bond acceptors (Lipinski definition) is 6. The van der Waals surface area contributed by atoms with E-state index < -0.39 is 29.8 Å². The Balaban J connectivity index is 1.58. The molecule has 5 rings (SSSR count). The van der Waals surface area contributed by atoms with Crippen LogP contribution in [-0.4, -0.2) is 54.2 Å². The molecule has 0 radical (unpaired) electrons. The molecule has 2 aromatic carbocycles. The van der Waals surface area contributed by atoms with Crippen LogP contribution in [0.3, 0.4) is 0 Å². The molecule has 0 aromatic heterocycles. The summed E-state index contributed by atoms with van der Waals surface area (Å²) in [5, 5.41) is 0. The Labute approximate surface area is 179 Å². The third kappa shape index (κ3) is 2.84. The Hall–Kier alpha value is -3.32. The highest BCUT2D eigenvalue weighted by atomic mass is 16.5. The number of Topliss-reactive ketones (excluding diaryl/α,β-unsaturated/α-hetero) is 1. The van der Waals surface area contributed by atoms with Crippen molar-refractivity contribution in [1.82, 2.24) is 4.90 Å². The fourth-order valence-corrected chi connectivity index (χ4v) is 5.48. The zero-order valence-corrected chi connectivity index (χ0v) is 17.1. The topological polar surface area (TPSA) is 84.0 Å². The van der Waals surface area contributed by atoms with Gasteiger partial charge in [-0.25, -0.2) is 9.69 Å². The van der Waals surface area contributed by atoms with E-state index >= 15 is 0 Å². The first kappa shape index (κ1) is 19.6. The second-order valence-electron chi connectivity index (χ2n) is 8.19. The maximum absolute atomic E-state index is 13.6. The minimum Gasteiger partial charge on any atom is -0.465 e. The summed E-state index contributed by atoms with van der Waals surface area (Å²) in [4.78, 5) is 56.0. The van der Waals surface area contributed by atoms with Gasteiger partial charge < -0.3 is 4.74 Å².